The van der Waals surface area contributed by atoms with Gasteiger partial charge in [0, 0.05) is 12.3 Å². The zero-order chi connectivity index (χ0) is 14.8. The second-order valence-corrected chi connectivity index (χ2v) is 8.43. The molecule has 6 heteroatoms. The molecule has 2 aliphatic rings. The molecule has 0 spiro atoms. The molecular weight excluding hydrogens is 278 g/mol. The summed E-state index contributed by atoms with van der Waals surface area (Å²) < 4.78 is 28.2. The molecule has 2 unspecified atom stereocenters. The highest BCUT2D eigenvalue weighted by molar-refractivity contribution is 7.91. The number of hydrogen-bond acceptors (Lipinski definition) is 5. The second-order valence-electron chi connectivity index (χ2n) is 6.11. The summed E-state index contributed by atoms with van der Waals surface area (Å²) >= 11 is 0. The van der Waals surface area contributed by atoms with Crippen LogP contribution < -0.4 is 0 Å². The lowest BCUT2D eigenvalue weighted by atomic mass is 9.90. The number of nitrogens with zero attached hydrogens (tertiary/aromatic N) is 1. The largest absolute Gasteiger partial charge is 0.469 e. The van der Waals surface area contributed by atoms with Crippen LogP contribution >= 0.6 is 0 Å². The third kappa shape index (κ3) is 3.73. The molecule has 2 fully saturated rings. The topological polar surface area (TPSA) is 63.7 Å². The number of esters is 1. The van der Waals surface area contributed by atoms with Gasteiger partial charge < -0.3 is 9.64 Å². The van der Waals surface area contributed by atoms with E-state index in [1.165, 1.54) is 13.4 Å². The van der Waals surface area contributed by atoms with Gasteiger partial charge in [-0.2, -0.15) is 0 Å². The lowest BCUT2D eigenvalue weighted by Gasteiger charge is -2.40. The first-order valence-electron chi connectivity index (χ1n) is 7.42. The van der Waals surface area contributed by atoms with Crippen molar-refractivity contribution in [3.05, 3.63) is 0 Å². The lowest BCUT2D eigenvalue weighted by Crippen LogP contribution is -2.46. The Morgan fingerprint density at radius 2 is 1.80 bits per heavy atom. The molecule has 1 aliphatic carbocycles. The van der Waals surface area contributed by atoms with E-state index in [1.54, 1.807) is 0 Å². The fraction of sp³-hybridized carbons (Fsp3) is 0.929. The average Bonchev–Trinajstić information content (AvgIpc) is 2.46. The fourth-order valence-electron chi connectivity index (χ4n) is 3.51. The van der Waals surface area contributed by atoms with Gasteiger partial charge in [-0.1, -0.05) is 6.42 Å². The number of carbonyl (C=O) groups is 1. The van der Waals surface area contributed by atoms with Crippen molar-refractivity contribution in [2.24, 2.45) is 5.92 Å². The molecule has 5 nitrogen and oxygen atoms in total. The molecule has 0 radical (unpaired) electrons. The molecule has 2 rings (SSSR count). The van der Waals surface area contributed by atoms with Crippen molar-refractivity contribution < 1.29 is 17.9 Å². The van der Waals surface area contributed by atoms with Crippen molar-refractivity contribution in [3.63, 3.8) is 0 Å². The number of likely N-dealkylation sites (tertiary alicyclic amines) is 1. The standard InChI is InChI=1S/C14H25NO4S/c1-19-14(16)11-6-8-15(9-7-11)12-4-3-5-13(10-12)20(2,17)18/h11-13H,3-10H2,1-2H3. The van der Waals surface area contributed by atoms with E-state index in [0.29, 0.717) is 6.04 Å². The first kappa shape index (κ1) is 15.8. The minimum Gasteiger partial charge on any atom is -0.469 e. The molecule has 1 aliphatic heterocycles. The predicted molar refractivity (Wildman–Crippen MR) is 77.2 cm³/mol. The van der Waals surface area contributed by atoms with E-state index in [4.69, 9.17) is 4.74 Å². The van der Waals surface area contributed by atoms with Gasteiger partial charge in [-0.25, -0.2) is 8.42 Å². The number of methoxy groups -OCH3 is 1. The van der Waals surface area contributed by atoms with Gasteiger partial charge in [0.15, 0.2) is 0 Å². The molecular formula is C14H25NO4S. The van der Waals surface area contributed by atoms with Gasteiger partial charge in [-0.05, 0) is 45.2 Å². The van der Waals surface area contributed by atoms with Crippen LogP contribution in [0.3, 0.4) is 0 Å². The van der Waals surface area contributed by atoms with E-state index >= 15 is 0 Å². The third-order valence-electron chi connectivity index (χ3n) is 4.78. The molecule has 1 heterocycles. The molecule has 0 N–H and O–H groups in total. The maximum atomic E-state index is 11.7. The summed E-state index contributed by atoms with van der Waals surface area (Å²) in [5.74, 6) is -0.0900. The minimum absolute atomic E-state index is 0.0190. The average molecular weight is 303 g/mol. The Kier molecular flexibility index (Phi) is 5.07. The Balaban J connectivity index is 1.89. The highest BCUT2D eigenvalue weighted by Gasteiger charge is 2.34. The van der Waals surface area contributed by atoms with E-state index in [-0.39, 0.29) is 17.1 Å². The molecule has 116 valence electrons. The first-order valence-corrected chi connectivity index (χ1v) is 9.38. The van der Waals surface area contributed by atoms with Gasteiger partial charge in [0.2, 0.25) is 0 Å². The molecule has 0 amide bonds. The number of sulfone groups is 1. The Morgan fingerprint density at radius 1 is 1.15 bits per heavy atom. The van der Waals surface area contributed by atoms with Crippen LogP contribution in [0.1, 0.15) is 38.5 Å². The Morgan fingerprint density at radius 3 is 2.35 bits per heavy atom. The maximum absolute atomic E-state index is 11.7. The minimum atomic E-state index is -2.93. The van der Waals surface area contributed by atoms with Gasteiger partial charge in [0.05, 0.1) is 18.3 Å². The monoisotopic (exact) mass is 303 g/mol. The SMILES string of the molecule is COC(=O)C1CCN(C2CCCC(S(C)(=O)=O)C2)CC1. The number of hydrogen-bond donors (Lipinski definition) is 0. The summed E-state index contributed by atoms with van der Waals surface area (Å²) in [6.45, 7) is 1.75. The van der Waals surface area contributed by atoms with E-state index in [1.807, 2.05) is 0 Å². The van der Waals surface area contributed by atoms with Crippen LogP contribution in [0.5, 0.6) is 0 Å². The number of ether oxygens (including phenoxy) is 1. The van der Waals surface area contributed by atoms with E-state index in [0.717, 1.165) is 51.6 Å². The van der Waals surface area contributed by atoms with Crippen molar-refractivity contribution in [2.45, 2.75) is 49.8 Å². The molecule has 20 heavy (non-hydrogen) atoms. The molecule has 0 aromatic carbocycles. The van der Waals surface area contributed by atoms with Crippen molar-refractivity contribution >= 4 is 15.8 Å². The van der Waals surface area contributed by atoms with Crippen molar-refractivity contribution in [2.75, 3.05) is 26.5 Å². The predicted octanol–water partition coefficient (Wildman–Crippen LogP) is 1.23. The summed E-state index contributed by atoms with van der Waals surface area (Å²) in [5, 5.41) is -0.181. The van der Waals surface area contributed by atoms with E-state index in [9.17, 15) is 13.2 Å². The van der Waals surface area contributed by atoms with E-state index in [2.05, 4.69) is 4.90 Å². The molecule has 2 atom stereocenters. The molecule has 0 aromatic heterocycles. The van der Waals surface area contributed by atoms with Crippen LogP contribution in [0.4, 0.5) is 0 Å². The summed E-state index contributed by atoms with van der Waals surface area (Å²) in [7, 11) is -1.49. The van der Waals surface area contributed by atoms with Crippen molar-refractivity contribution in [1.29, 1.82) is 0 Å². The summed E-state index contributed by atoms with van der Waals surface area (Å²) in [4.78, 5) is 13.9. The van der Waals surface area contributed by atoms with Gasteiger partial charge in [0.25, 0.3) is 0 Å². The van der Waals surface area contributed by atoms with Crippen LogP contribution in [0, 0.1) is 5.92 Å². The molecule has 1 saturated heterocycles. The Bertz CT molecular complexity index is 440. The van der Waals surface area contributed by atoms with Crippen molar-refractivity contribution in [3.8, 4) is 0 Å². The van der Waals surface area contributed by atoms with Crippen LogP contribution in [-0.4, -0.2) is 57.0 Å². The maximum Gasteiger partial charge on any atom is 0.308 e. The van der Waals surface area contributed by atoms with Gasteiger partial charge in [-0.15, -0.1) is 0 Å². The smallest absolute Gasteiger partial charge is 0.308 e. The summed E-state index contributed by atoms with van der Waals surface area (Å²) in [6, 6.07) is 0.363. The summed E-state index contributed by atoms with van der Waals surface area (Å²) in [5.41, 5.74) is 0. The normalized spacial score (nSPS) is 30.1. The van der Waals surface area contributed by atoms with Crippen LogP contribution in [0.25, 0.3) is 0 Å². The highest BCUT2D eigenvalue weighted by Crippen LogP contribution is 2.30. The number of rotatable bonds is 3. The van der Waals surface area contributed by atoms with Crippen LogP contribution in [-0.2, 0) is 19.4 Å². The van der Waals surface area contributed by atoms with Crippen LogP contribution in [0.15, 0.2) is 0 Å². The van der Waals surface area contributed by atoms with Crippen molar-refractivity contribution in [1.82, 2.24) is 4.90 Å². The highest BCUT2D eigenvalue weighted by atomic mass is 32.2. The van der Waals surface area contributed by atoms with Gasteiger partial charge in [0.1, 0.15) is 9.84 Å². The zero-order valence-corrected chi connectivity index (χ0v) is 13.2. The van der Waals surface area contributed by atoms with Gasteiger partial charge in [-0.3, -0.25) is 4.79 Å². The number of carbonyl (C=O) groups excluding carboxylic acids is 1. The third-order valence-corrected chi connectivity index (χ3v) is 6.42. The fourth-order valence-corrected chi connectivity index (χ4v) is 4.67. The second kappa shape index (κ2) is 6.43. The molecule has 0 bridgehead atoms. The zero-order valence-electron chi connectivity index (χ0n) is 12.4. The van der Waals surface area contributed by atoms with E-state index < -0.39 is 9.84 Å². The lowest BCUT2D eigenvalue weighted by molar-refractivity contribution is -0.147. The quantitative estimate of drug-likeness (QED) is 0.734. The molecule has 0 aromatic rings. The number of piperidine rings is 1. The summed E-state index contributed by atoms with van der Waals surface area (Å²) in [6.07, 6.45) is 6.62. The first-order chi connectivity index (χ1) is 9.41. The van der Waals surface area contributed by atoms with Crippen LogP contribution in [0.2, 0.25) is 0 Å². The molecule has 1 saturated carbocycles. The van der Waals surface area contributed by atoms with Gasteiger partial charge >= 0.3 is 5.97 Å². The Hall–Kier alpha value is -0.620. The Labute approximate surface area is 121 Å².